The lowest BCUT2D eigenvalue weighted by molar-refractivity contribution is -0.143. The van der Waals surface area contributed by atoms with Gasteiger partial charge in [-0.3, -0.25) is 4.79 Å². The fourth-order valence-corrected chi connectivity index (χ4v) is 3.13. The lowest BCUT2D eigenvalue weighted by Gasteiger charge is -2.25. The van der Waals surface area contributed by atoms with Crippen molar-refractivity contribution in [3.8, 4) is 0 Å². The second-order valence-corrected chi connectivity index (χ2v) is 8.07. The van der Waals surface area contributed by atoms with Gasteiger partial charge in [-0.1, -0.05) is 60.7 Å². The molecule has 2 atom stereocenters. The van der Waals surface area contributed by atoms with Crippen LogP contribution in [-0.4, -0.2) is 51.3 Å². The summed E-state index contributed by atoms with van der Waals surface area (Å²) in [5, 5.41) is 14.7. The van der Waals surface area contributed by atoms with Crippen molar-refractivity contribution in [1.82, 2.24) is 25.5 Å². The summed E-state index contributed by atoms with van der Waals surface area (Å²) in [6, 6.07) is 16.9. The molecule has 1 heterocycles. The monoisotopic (exact) mass is 488 g/mol. The molecule has 0 radical (unpaired) electrons. The molecule has 1 unspecified atom stereocenters. The van der Waals surface area contributed by atoms with Gasteiger partial charge in [0.2, 0.25) is 5.91 Å². The maximum absolute atomic E-state index is 12.7. The quantitative estimate of drug-likeness (QED) is 0.413. The van der Waals surface area contributed by atoms with Crippen molar-refractivity contribution in [3.05, 3.63) is 77.6 Å². The van der Waals surface area contributed by atoms with Crippen molar-refractivity contribution >= 4 is 24.3 Å². The van der Waals surface area contributed by atoms with Crippen LogP contribution in [0.25, 0.3) is 0 Å². The number of carbonyl (C=O) groups excluding carboxylic acids is 2. The first kappa shape index (κ1) is 26.9. The largest absolute Gasteiger partial charge is 0.467 e. The Kier molecular flexibility index (Phi) is 9.67. The van der Waals surface area contributed by atoms with Gasteiger partial charge in [0, 0.05) is 0 Å². The zero-order valence-corrected chi connectivity index (χ0v) is 20.1. The van der Waals surface area contributed by atoms with Gasteiger partial charge in [0.25, 0.3) is 0 Å². The molecule has 0 fully saturated rings. The van der Waals surface area contributed by atoms with E-state index in [2.05, 4.69) is 20.8 Å². The molecule has 0 bridgehead atoms. The maximum atomic E-state index is 12.7. The average molecular weight is 489 g/mol. The molecule has 0 spiro atoms. The number of aromatic nitrogens is 4. The van der Waals surface area contributed by atoms with Gasteiger partial charge in [-0.2, -0.15) is 0 Å². The van der Waals surface area contributed by atoms with Crippen LogP contribution in [0, 0.1) is 0 Å². The lowest BCUT2D eigenvalue weighted by Crippen LogP contribution is -2.51. The van der Waals surface area contributed by atoms with E-state index >= 15 is 0 Å². The molecule has 0 saturated carbocycles. The third kappa shape index (κ3) is 6.83. The summed E-state index contributed by atoms with van der Waals surface area (Å²) in [5.41, 5.74) is 6.43. The first-order valence-electron chi connectivity index (χ1n) is 10.4. The molecule has 3 N–H and O–H groups in total. The van der Waals surface area contributed by atoms with Crippen LogP contribution in [0.4, 0.5) is 0 Å². The van der Waals surface area contributed by atoms with Gasteiger partial charge in [0.05, 0.1) is 25.9 Å². The van der Waals surface area contributed by atoms with Crippen LogP contribution in [0.5, 0.6) is 0 Å². The highest BCUT2D eigenvalue weighted by Gasteiger charge is 2.33. The standard InChI is InChI=1S/C23H28N6O4.ClH/c1-23(2,24)22(31)25-18(15-33-14-16-10-6-4-7-11-16)20-26-27-28-29(20)19(21(30)32-3)17-12-8-5-9-13-17;/h4-13,18-19H,14-15,24H2,1-3H3,(H,25,31);1H/t18-,19?;/m1./s1. The van der Waals surface area contributed by atoms with Crippen LogP contribution in [0.2, 0.25) is 0 Å². The van der Waals surface area contributed by atoms with Crippen molar-refractivity contribution in [2.24, 2.45) is 5.73 Å². The Morgan fingerprint density at radius 1 is 1.09 bits per heavy atom. The van der Waals surface area contributed by atoms with Gasteiger partial charge in [-0.25, -0.2) is 9.48 Å². The Morgan fingerprint density at radius 3 is 2.29 bits per heavy atom. The SMILES string of the molecule is COC(=O)C(c1ccccc1)n1nnnc1[C@@H](COCc1ccccc1)NC(=O)C(C)(C)N.Cl. The van der Waals surface area contributed by atoms with Crippen molar-refractivity contribution < 1.29 is 19.1 Å². The number of hydrogen-bond acceptors (Lipinski definition) is 8. The molecule has 34 heavy (non-hydrogen) atoms. The molecule has 0 aliphatic rings. The molecule has 0 aliphatic carbocycles. The number of hydrogen-bond donors (Lipinski definition) is 2. The molecule has 0 aliphatic heterocycles. The Balaban J connectivity index is 0.00000408. The average Bonchev–Trinajstić information content (AvgIpc) is 3.28. The molecule has 11 heteroatoms. The predicted molar refractivity (Wildman–Crippen MR) is 127 cm³/mol. The molecule has 10 nitrogen and oxygen atoms in total. The third-order valence-corrected chi connectivity index (χ3v) is 4.90. The maximum Gasteiger partial charge on any atom is 0.335 e. The highest BCUT2D eigenvalue weighted by Crippen LogP contribution is 2.23. The Labute approximate surface area is 204 Å². The van der Waals surface area contributed by atoms with E-state index in [4.69, 9.17) is 15.2 Å². The molecule has 3 rings (SSSR count). The molecule has 1 aromatic heterocycles. The molecule has 3 aromatic rings. The Bertz CT molecular complexity index is 1060. The normalized spacial score (nSPS) is 12.8. The Hall–Kier alpha value is -3.34. The zero-order valence-electron chi connectivity index (χ0n) is 19.2. The first-order chi connectivity index (χ1) is 15.8. The van der Waals surface area contributed by atoms with E-state index in [-0.39, 0.29) is 24.8 Å². The smallest absolute Gasteiger partial charge is 0.335 e. The predicted octanol–water partition coefficient (Wildman–Crippen LogP) is 1.97. The van der Waals surface area contributed by atoms with Gasteiger partial charge in [0.15, 0.2) is 11.9 Å². The van der Waals surface area contributed by atoms with Crippen LogP contribution in [0.3, 0.4) is 0 Å². The number of nitrogens with two attached hydrogens (primary N) is 1. The molecular formula is C23H29ClN6O4. The van der Waals surface area contributed by atoms with Crippen LogP contribution < -0.4 is 11.1 Å². The van der Waals surface area contributed by atoms with E-state index in [1.807, 2.05) is 36.4 Å². The minimum absolute atomic E-state index is 0. The summed E-state index contributed by atoms with van der Waals surface area (Å²) in [4.78, 5) is 25.4. The summed E-state index contributed by atoms with van der Waals surface area (Å²) >= 11 is 0. The first-order valence-corrected chi connectivity index (χ1v) is 10.4. The van der Waals surface area contributed by atoms with Crippen molar-refractivity contribution in [3.63, 3.8) is 0 Å². The Morgan fingerprint density at radius 2 is 1.71 bits per heavy atom. The van der Waals surface area contributed by atoms with E-state index in [9.17, 15) is 9.59 Å². The lowest BCUT2D eigenvalue weighted by atomic mass is 10.1. The molecule has 182 valence electrons. The minimum Gasteiger partial charge on any atom is -0.467 e. The number of benzene rings is 2. The van der Waals surface area contributed by atoms with Gasteiger partial charge in [0.1, 0.15) is 6.04 Å². The molecule has 0 saturated heterocycles. The summed E-state index contributed by atoms with van der Waals surface area (Å²) in [5.74, 6) is -0.733. The van der Waals surface area contributed by atoms with Gasteiger partial charge >= 0.3 is 5.97 Å². The number of methoxy groups -OCH3 is 1. The second-order valence-electron chi connectivity index (χ2n) is 8.07. The van der Waals surface area contributed by atoms with E-state index in [0.29, 0.717) is 12.2 Å². The van der Waals surface area contributed by atoms with Crippen LogP contribution in [-0.2, 0) is 25.7 Å². The summed E-state index contributed by atoms with van der Waals surface area (Å²) in [6.07, 6.45) is 0. The number of halogens is 1. The van der Waals surface area contributed by atoms with Crippen molar-refractivity contribution in [2.75, 3.05) is 13.7 Å². The number of ether oxygens (including phenoxy) is 2. The third-order valence-electron chi connectivity index (χ3n) is 4.90. The van der Waals surface area contributed by atoms with Crippen LogP contribution >= 0.6 is 12.4 Å². The number of nitrogens with one attached hydrogen (secondary N) is 1. The summed E-state index contributed by atoms with van der Waals surface area (Å²) < 4.78 is 12.2. The van der Waals surface area contributed by atoms with Gasteiger partial charge < -0.3 is 20.5 Å². The van der Waals surface area contributed by atoms with Gasteiger partial charge in [-0.15, -0.1) is 17.5 Å². The van der Waals surface area contributed by atoms with Gasteiger partial charge in [-0.05, 0) is 35.4 Å². The summed E-state index contributed by atoms with van der Waals surface area (Å²) in [6.45, 7) is 3.56. The van der Waals surface area contributed by atoms with Crippen LogP contribution in [0.1, 0.15) is 42.9 Å². The zero-order chi connectivity index (χ0) is 23.8. The highest BCUT2D eigenvalue weighted by molar-refractivity contribution is 5.85. The molecule has 2 aromatic carbocycles. The van der Waals surface area contributed by atoms with Crippen LogP contribution in [0.15, 0.2) is 60.7 Å². The van der Waals surface area contributed by atoms with Crippen molar-refractivity contribution in [2.45, 2.75) is 38.1 Å². The number of tetrazole rings is 1. The van der Waals surface area contributed by atoms with E-state index in [1.165, 1.54) is 11.8 Å². The minimum atomic E-state index is -1.14. The topological polar surface area (TPSA) is 134 Å². The number of carbonyl (C=O) groups is 2. The highest BCUT2D eigenvalue weighted by atomic mass is 35.5. The number of rotatable bonds is 10. The number of nitrogens with zero attached hydrogens (tertiary/aromatic N) is 4. The molecule has 1 amide bonds. The fraction of sp³-hybridized carbons (Fsp3) is 0.348. The second kappa shape index (κ2) is 12.2. The van der Waals surface area contributed by atoms with E-state index < -0.39 is 29.5 Å². The van der Waals surface area contributed by atoms with E-state index in [0.717, 1.165) is 5.56 Å². The molecular weight excluding hydrogens is 460 g/mol. The summed E-state index contributed by atoms with van der Waals surface area (Å²) in [7, 11) is 1.29. The van der Waals surface area contributed by atoms with E-state index in [1.54, 1.807) is 38.1 Å². The van der Waals surface area contributed by atoms with Crippen molar-refractivity contribution in [1.29, 1.82) is 0 Å². The number of esters is 1. The fourth-order valence-electron chi connectivity index (χ4n) is 3.13. The number of amides is 1.